The number of allylic oxidation sites excluding steroid dienone is 1. The number of aliphatic hydroxyl groups is 3. The number of benzene rings is 1. The number of aryl methyl sites for hydroxylation is 2. The molecule has 15 heteroatoms. The molecule has 7 N–H and O–H groups in total. The van der Waals surface area contributed by atoms with Crippen LogP contribution in [0.1, 0.15) is 39.4 Å². The highest BCUT2D eigenvalue weighted by molar-refractivity contribution is 7.89. The number of aliphatic hydroxyl groups excluding tert-OH is 2. The molecule has 1 saturated carbocycles. The molecule has 0 bridgehead atoms. The lowest BCUT2D eigenvalue weighted by Gasteiger charge is -2.53. The zero-order chi connectivity index (χ0) is 31.0. The van der Waals surface area contributed by atoms with E-state index in [0.717, 1.165) is 0 Å². The maximum absolute atomic E-state index is 13.8. The molecule has 1 heterocycles. The van der Waals surface area contributed by atoms with Crippen molar-refractivity contribution >= 4 is 27.5 Å². The summed E-state index contributed by atoms with van der Waals surface area (Å²) < 4.78 is 33.5. The minimum Gasteiger partial charge on any atom is -0.508 e. The van der Waals surface area contributed by atoms with Gasteiger partial charge in [-0.25, -0.2) is 13.1 Å². The van der Waals surface area contributed by atoms with E-state index in [1.54, 1.807) is 14.1 Å². The second-order valence-corrected chi connectivity index (χ2v) is 13.1. The van der Waals surface area contributed by atoms with Gasteiger partial charge in [-0.2, -0.15) is 0 Å². The van der Waals surface area contributed by atoms with Crippen LogP contribution in [-0.2, 0) is 32.6 Å². The molecule has 0 aliphatic heterocycles. The lowest BCUT2D eigenvalue weighted by atomic mass is 9.56. The van der Waals surface area contributed by atoms with Crippen LogP contribution >= 0.6 is 0 Å². The first-order chi connectivity index (χ1) is 19.5. The average Bonchev–Trinajstić information content (AvgIpc) is 3.23. The van der Waals surface area contributed by atoms with Crippen LogP contribution in [0.4, 0.5) is 0 Å². The van der Waals surface area contributed by atoms with Gasteiger partial charge < -0.3 is 35.6 Å². The third-order valence-electron chi connectivity index (χ3n) is 8.76. The van der Waals surface area contributed by atoms with Crippen LogP contribution in [0.25, 0.3) is 0 Å². The summed E-state index contributed by atoms with van der Waals surface area (Å²) in [5, 5.41) is 48.4. The summed E-state index contributed by atoms with van der Waals surface area (Å²) in [6, 6.07) is 1.68. The number of phenols is 1. The van der Waals surface area contributed by atoms with Gasteiger partial charge in [0.15, 0.2) is 22.9 Å². The van der Waals surface area contributed by atoms with Gasteiger partial charge in [0.1, 0.15) is 28.0 Å². The van der Waals surface area contributed by atoms with Gasteiger partial charge in [-0.15, -0.1) is 0 Å². The van der Waals surface area contributed by atoms with Gasteiger partial charge in [0.05, 0.1) is 11.7 Å². The van der Waals surface area contributed by atoms with Gasteiger partial charge in [-0.3, -0.25) is 14.4 Å². The van der Waals surface area contributed by atoms with E-state index in [0.29, 0.717) is 11.1 Å². The van der Waals surface area contributed by atoms with Gasteiger partial charge in [-0.1, -0.05) is 11.2 Å². The molecule has 0 spiro atoms. The molecule has 14 nitrogen and oxygen atoms in total. The monoisotopic (exact) mass is 604 g/mol. The SMILES string of the molecule is Cc1noc(C)c1S(=O)(=O)NCc1ccc(O)c2c1C[C@H]1C[C@H]3[C@H](N(C)C)C(O)C(C(N)=O)C(=O)[C@@]3(O)C(O)=C1C2=O. The Bertz CT molecular complexity index is 1640. The van der Waals surface area contributed by atoms with Crippen LogP contribution in [0.2, 0.25) is 0 Å². The highest BCUT2D eigenvalue weighted by atomic mass is 32.2. The Labute approximate surface area is 240 Å². The number of aromatic hydroxyl groups is 1. The standard InChI is InChI=1S/C27H32N4O10S/c1-10-23(11(2)41-30-10)42(39,40)29-9-12-5-6-16(32)18-14(12)7-13-8-15-20(31(3)4)22(34)19(26(28)37)25(36)27(15,38)24(35)17(13)21(18)33/h5-6,13,15,19-20,22,29,32,34-35,38H,7-9H2,1-4H3,(H2,28,37)/t13-,15-,19?,20-,22?,27-/m0/s1. The lowest BCUT2D eigenvalue weighted by Crippen LogP contribution is -2.71. The highest BCUT2D eigenvalue weighted by Crippen LogP contribution is 2.52. The molecule has 1 aromatic carbocycles. The first-order valence-corrected chi connectivity index (χ1v) is 14.7. The maximum Gasteiger partial charge on any atom is 0.246 e. The van der Waals surface area contributed by atoms with E-state index in [4.69, 9.17) is 10.3 Å². The number of phenolic OH excluding ortho intramolecular Hbond substituents is 1. The number of ketones is 2. The van der Waals surface area contributed by atoms with Crippen LogP contribution in [-0.4, -0.2) is 88.2 Å². The fourth-order valence-electron chi connectivity index (χ4n) is 6.94. The molecule has 5 rings (SSSR count). The van der Waals surface area contributed by atoms with Crippen molar-refractivity contribution in [3.05, 3.63) is 51.6 Å². The number of carbonyl (C=O) groups excluding carboxylic acids is 3. The molecule has 1 amide bonds. The molecule has 3 aliphatic carbocycles. The van der Waals surface area contributed by atoms with Crippen LogP contribution in [0.5, 0.6) is 5.75 Å². The summed E-state index contributed by atoms with van der Waals surface area (Å²) in [6.07, 6.45) is -1.61. The van der Waals surface area contributed by atoms with E-state index in [1.165, 1.54) is 30.9 Å². The van der Waals surface area contributed by atoms with Crippen molar-refractivity contribution in [2.24, 2.45) is 23.5 Å². The number of sulfonamides is 1. The van der Waals surface area contributed by atoms with Crippen molar-refractivity contribution in [2.75, 3.05) is 14.1 Å². The van der Waals surface area contributed by atoms with Gasteiger partial charge in [0, 0.05) is 24.1 Å². The Morgan fingerprint density at radius 2 is 1.90 bits per heavy atom. The minimum atomic E-state index is -4.07. The first kappa shape index (κ1) is 29.8. The molecule has 2 aromatic rings. The predicted molar refractivity (Wildman–Crippen MR) is 144 cm³/mol. The molecule has 6 atom stereocenters. The second-order valence-electron chi connectivity index (χ2n) is 11.4. The van der Waals surface area contributed by atoms with E-state index in [-0.39, 0.29) is 46.9 Å². The van der Waals surface area contributed by atoms with Crippen LogP contribution in [0, 0.1) is 31.6 Å². The summed E-state index contributed by atoms with van der Waals surface area (Å²) in [6.45, 7) is 2.68. The fourth-order valence-corrected chi connectivity index (χ4v) is 8.27. The average molecular weight is 605 g/mol. The summed E-state index contributed by atoms with van der Waals surface area (Å²) >= 11 is 0. The van der Waals surface area contributed by atoms with E-state index in [1.807, 2.05) is 0 Å². The predicted octanol–water partition coefficient (Wildman–Crippen LogP) is -0.631. The largest absolute Gasteiger partial charge is 0.508 e. The number of rotatable bonds is 6. The number of fused-ring (bicyclic) bond motifs is 3. The van der Waals surface area contributed by atoms with Crippen molar-refractivity contribution in [2.45, 2.75) is 55.9 Å². The third kappa shape index (κ3) is 4.18. The van der Waals surface area contributed by atoms with Crippen LogP contribution in [0.3, 0.4) is 0 Å². The van der Waals surface area contributed by atoms with Gasteiger partial charge in [-0.05, 0) is 63.9 Å². The number of nitrogens with two attached hydrogens (primary N) is 1. The molecule has 1 fully saturated rings. The summed E-state index contributed by atoms with van der Waals surface area (Å²) in [5.41, 5.74) is 3.08. The molecule has 2 unspecified atom stereocenters. The Hall–Kier alpha value is -3.63. The number of likely N-dealkylation sites (N-methyl/N-ethyl adjacent to an activating group) is 1. The van der Waals surface area contributed by atoms with Crippen molar-refractivity contribution in [3.8, 4) is 5.75 Å². The third-order valence-corrected chi connectivity index (χ3v) is 10.4. The smallest absolute Gasteiger partial charge is 0.246 e. The molecule has 1 aromatic heterocycles. The van der Waals surface area contributed by atoms with Crippen LogP contribution in [0.15, 0.2) is 32.9 Å². The number of hydrogen-bond donors (Lipinski definition) is 6. The van der Waals surface area contributed by atoms with E-state index in [9.17, 15) is 43.2 Å². The summed E-state index contributed by atoms with van der Waals surface area (Å²) in [5.74, 6) is -8.28. The van der Waals surface area contributed by atoms with E-state index >= 15 is 0 Å². The number of hydrogen-bond acceptors (Lipinski definition) is 12. The van der Waals surface area contributed by atoms with Gasteiger partial charge >= 0.3 is 0 Å². The quantitative estimate of drug-likeness (QED) is 0.226. The van der Waals surface area contributed by atoms with Crippen molar-refractivity contribution < 1.29 is 47.8 Å². The van der Waals surface area contributed by atoms with Crippen molar-refractivity contribution in [3.63, 3.8) is 0 Å². The zero-order valence-electron chi connectivity index (χ0n) is 23.3. The van der Waals surface area contributed by atoms with Crippen molar-refractivity contribution in [1.29, 1.82) is 0 Å². The number of aromatic nitrogens is 1. The first-order valence-electron chi connectivity index (χ1n) is 13.2. The summed E-state index contributed by atoms with van der Waals surface area (Å²) in [7, 11) is -0.928. The van der Waals surface area contributed by atoms with E-state index < -0.39 is 74.5 Å². The number of primary amides is 1. The number of nitrogens with zero attached hydrogens (tertiary/aromatic N) is 2. The summed E-state index contributed by atoms with van der Waals surface area (Å²) in [4.78, 5) is 40.8. The van der Waals surface area contributed by atoms with Crippen molar-refractivity contribution in [1.82, 2.24) is 14.8 Å². The molecular formula is C27H32N4O10S. The lowest BCUT2D eigenvalue weighted by molar-refractivity contribution is -0.178. The topological polar surface area (TPSA) is 234 Å². The Balaban J connectivity index is 1.59. The van der Waals surface area contributed by atoms with Gasteiger partial charge in [0.2, 0.25) is 15.9 Å². The zero-order valence-corrected chi connectivity index (χ0v) is 24.1. The molecule has 0 saturated heterocycles. The minimum absolute atomic E-state index is 0.0352. The van der Waals surface area contributed by atoms with Crippen LogP contribution < -0.4 is 10.5 Å². The van der Waals surface area contributed by atoms with E-state index in [2.05, 4.69) is 9.88 Å². The highest BCUT2D eigenvalue weighted by Gasteiger charge is 2.66. The molecule has 0 radical (unpaired) electrons. The number of amides is 1. The number of carbonyl (C=O) groups is 3. The normalized spacial score (nSPS) is 29.4. The Morgan fingerprint density at radius 1 is 1.24 bits per heavy atom. The number of nitrogens with one attached hydrogen (secondary N) is 1. The Kier molecular flexibility index (Phi) is 7.09. The Morgan fingerprint density at radius 3 is 2.48 bits per heavy atom. The molecular weight excluding hydrogens is 572 g/mol. The number of Topliss-reactive ketones (excluding diaryl/α,β-unsaturated/α-hetero) is 2. The van der Waals surface area contributed by atoms with Gasteiger partial charge in [0.25, 0.3) is 0 Å². The fraction of sp³-hybridized carbons (Fsp3) is 0.481. The molecule has 226 valence electrons. The maximum atomic E-state index is 13.8. The molecule has 42 heavy (non-hydrogen) atoms. The molecule has 3 aliphatic rings. The second kappa shape index (κ2) is 9.98.